The van der Waals surface area contributed by atoms with Gasteiger partial charge in [-0.15, -0.1) is 11.3 Å². The standard InChI is InChI=1S/C18H16BrN3OS/c19-17-8-6-16(24-17)7-9-18(23)20-12-10-14-2-4-15(5-3-14)22-13-1-11-21-22/h1-9,11,13H,10,12H2,(H,20,23)/b9-7+. The summed E-state index contributed by atoms with van der Waals surface area (Å²) in [6.07, 6.45) is 7.85. The van der Waals surface area contributed by atoms with Gasteiger partial charge in [0, 0.05) is 29.9 Å². The Balaban J connectivity index is 1.46. The van der Waals surface area contributed by atoms with Crippen molar-refractivity contribution in [2.45, 2.75) is 6.42 Å². The molecule has 0 aliphatic heterocycles. The molecule has 3 aromatic rings. The molecule has 0 aliphatic carbocycles. The van der Waals surface area contributed by atoms with Crippen molar-refractivity contribution in [1.29, 1.82) is 0 Å². The second-order valence-electron chi connectivity index (χ2n) is 5.13. The van der Waals surface area contributed by atoms with E-state index in [1.54, 1.807) is 23.6 Å². The highest BCUT2D eigenvalue weighted by Gasteiger charge is 2.00. The quantitative estimate of drug-likeness (QED) is 0.632. The average Bonchev–Trinajstić information content (AvgIpc) is 3.25. The van der Waals surface area contributed by atoms with Gasteiger partial charge >= 0.3 is 0 Å². The first-order valence-corrected chi connectivity index (χ1v) is 9.12. The van der Waals surface area contributed by atoms with Crippen LogP contribution >= 0.6 is 27.3 Å². The Bertz CT molecular complexity index is 822. The molecular formula is C18H16BrN3OS. The van der Waals surface area contributed by atoms with Crippen molar-refractivity contribution < 1.29 is 4.79 Å². The molecule has 0 spiro atoms. The molecule has 3 rings (SSSR count). The Morgan fingerprint density at radius 1 is 1.25 bits per heavy atom. The zero-order chi connectivity index (χ0) is 16.8. The van der Waals surface area contributed by atoms with Crippen molar-refractivity contribution in [2.24, 2.45) is 0 Å². The van der Waals surface area contributed by atoms with E-state index in [1.165, 1.54) is 5.56 Å². The van der Waals surface area contributed by atoms with E-state index in [9.17, 15) is 4.79 Å². The van der Waals surface area contributed by atoms with Crippen LogP contribution in [-0.4, -0.2) is 22.2 Å². The predicted molar refractivity (Wildman–Crippen MR) is 101 cm³/mol. The molecule has 2 heterocycles. The maximum absolute atomic E-state index is 11.8. The molecule has 0 saturated heterocycles. The molecular weight excluding hydrogens is 386 g/mol. The molecule has 24 heavy (non-hydrogen) atoms. The van der Waals surface area contributed by atoms with Gasteiger partial charge in [-0.05, 0) is 64.3 Å². The highest BCUT2D eigenvalue weighted by atomic mass is 79.9. The monoisotopic (exact) mass is 401 g/mol. The molecule has 0 aliphatic rings. The van der Waals surface area contributed by atoms with Gasteiger partial charge in [0.1, 0.15) is 0 Å². The summed E-state index contributed by atoms with van der Waals surface area (Å²) in [7, 11) is 0. The minimum absolute atomic E-state index is 0.0762. The van der Waals surface area contributed by atoms with E-state index in [-0.39, 0.29) is 5.91 Å². The fourth-order valence-electron chi connectivity index (χ4n) is 2.20. The minimum atomic E-state index is -0.0762. The molecule has 0 unspecified atom stereocenters. The molecule has 0 bridgehead atoms. The van der Waals surface area contributed by atoms with Gasteiger partial charge in [0.25, 0.3) is 0 Å². The summed E-state index contributed by atoms with van der Waals surface area (Å²) < 4.78 is 2.88. The van der Waals surface area contributed by atoms with Gasteiger partial charge in [0.15, 0.2) is 0 Å². The lowest BCUT2D eigenvalue weighted by molar-refractivity contribution is -0.116. The van der Waals surface area contributed by atoms with Gasteiger partial charge in [-0.1, -0.05) is 12.1 Å². The lowest BCUT2D eigenvalue weighted by atomic mass is 10.1. The summed E-state index contributed by atoms with van der Waals surface area (Å²) in [6.45, 7) is 0.610. The Hall–Kier alpha value is -2.18. The Kier molecular flexibility index (Phi) is 5.61. The normalized spacial score (nSPS) is 11.0. The highest BCUT2D eigenvalue weighted by Crippen LogP contribution is 2.22. The number of halogens is 1. The number of carbonyl (C=O) groups excluding carboxylic acids is 1. The Morgan fingerprint density at radius 3 is 2.75 bits per heavy atom. The molecule has 2 aromatic heterocycles. The summed E-state index contributed by atoms with van der Waals surface area (Å²) in [5.74, 6) is -0.0762. The number of hydrogen-bond acceptors (Lipinski definition) is 3. The van der Waals surface area contributed by atoms with E-state index in [4.69, 9.17) is 0 Å². The van der Waals surface area contributed by atoms with E-state index in [2.05, 4.69) is 38.5 Å². The average molecular weight is 402 g/mol. The summed E-state index contributed by atoms with van der Waals surface area (Å²) in [6, 6.07) is 14.0. The zero-order valence-corrected chi connectivity index (χ0v) is 15.3. The van der Waals surface area contributed by atoms with Crippen molar-refractivity contribution in [3.05, 3.63) is 75.2 Å². The molecule has 0 fully saturated rings. The molecule has 1 aromatic carbocycles. The number of nitrogens with one attached hydrogen (secondary N) is 1. The van der Waals surface area contributed by atoms with Crippen molar-refractivity contribution in [1.82, 2.24) is 15.1 Å². The smallest absolute Gasteiger partial charge is 0.244 e. The molecule has 122 valence electrons. The third-order valence-corrected chi connectivity index (χ3v) is 5.00. The van der Waals surface area contributed by atoms with Crippen LogP contribution in [0.5, 0.6) is 0 Å². The van der Waals surface area contributed by atoms with Crippen molar-refractivity contribution in [2.75, 3.05) is 6.54 Å². The number of rotatable bonds is 6. The molecule has 0 saturated carbocycles. The number of aromatic nitrogens is 2. The number of benzene rings is 1. The Labute approximate surface area is 153 Å². The molecule has 4 nitrogen and oxygen atoms in total. The second-order valence-corrected chi connectivity index (χ2v) is 7.63. The molecule has 0 radical (unpaired) electrons. The first-order chi connectivity index (χ1) is 11.7. The molecule has 1 amide bonds. The largest absolute Gasteiger partial charge is 0.352 e. The Morgan fingerprint density at radius 2 is 2.08 bits per heavy atom. The third kappa shape index (κ3) is 4.66. The fourth-order valence-corrected chi connectivity index (χ4v) is 3.53. The minimum Gasteiger partial charge on any atom is -0.352 e. The van der Waals surface area contributed by atoms with Gasteiger partial charge in [0.2, 0.25) is 5.91 Å². The van der Waals surface area contributed by atoms with E-state index < -0.39 is 0 Å². The van der Waals surface area contributed by atoms with Crippen LogP contribution in [0.25, 0.3) is 11.8 Å². The number of nitrogens with zero attached hydrogens (tertiary/aromatic N) is 2. The van der Waals surface area contributed by atoms with Crippen molar-refractivity contribution in [3.63, 3.8) is 0 Å². The van der Waals surface area contributed by atoms with Crippen LogP contribution in [0, 0.1) is 0 Å². The van der Waals surface area contributed by atoms with Crippen LogP contribution in [-0.2, 0) is 11.2 Å². The molecule has 6 heteroatoms. The fraction of sp³-hybridized carbons (Fsp3) is 0.111. The number of amides is 1. The second kappa shape index (κ2) is 8.08. The maximum Gasteiger partial charge on any atom is 0.244 e. The molecule has 1 N–H and O–H groups in total. The number of thiophene rings is 1. The van der Waals surface area contributed by atoms with Gasteiger partial charge < -0.3 is 5.32 Å². The van der Waals surface area contributed by atoms with Gasteiger partial charge in [-0.2, -0.15) is 5.10 Å². The summed E-state index contributed by atoms with van der Waals surface area (Å²) in [5, 5.41) is 7.10. The van der Waals surface area contributed by atoms with Gasteiger partial charge in [-0.25, -0.2) is 4.68 Å². The van der Waals surface area contributed by atoms with Crippen LogP contribution in [0.15, 0.2) is 64.7 Å². The van der Waals surface area contributed by atoms with E-state index >= 15 is 0 Å². The van der Waals surface area contributed by atoms with Gasteiger partial charge in [-0.3, -0.25) is 4.79 Å². The summed E-state index contributed by atoms with van der Waals surface area (Å²) >= 11 is 5.00. The topological polar surface area (TPSA) is 46.9 Å². The summed E-state index contributed by atoms with van der Waals surface area (Å²) in [4.78, 5) is 12.9. The van der Waals surface area contributed by atoms with E-state index in [1.807, 2.05) is 47.3 Å². The van der Waals surface area contributed by atoms with Crippen molar-refractivity contribution >= 4 is 39.2 Å². The first-order valence-electron chi connectivity index (χ1n) is 7.51. The van der Waals surface area contributed by atoms with E-state index in [0.29, 0.717) is 6.54 Å². The number of carbonyl (C=O) groups is 1. The SMILES string of the molecule is O=C(/C=C/c1ccc(Br)s1)NCCc1ccc(-n2cccn2)cc1. The third-order valence-electron chi connectivity index (χ3n) is 3.41. The predicted octanol–water partition coefficient (Wildman–Crippen LogP) is 4.07. The summed E-state index contributed by atoms with van der Waals surface area (Å²) in [5.41, 5.74) is 2.20. The van der Waals surface area contributed by atoms with Crippen molar-refractivity contribution in [3.8, 4) is 5.69 Å². The van der Waals surface area contributed by atoms with E-state index in [0.717, 1.165) is 20.8 Å². The van der Waals surface area contributed by atoms with Crippen LogP contribution < -0.4 is 5.32 Å². The zero-order valence-electron chi connectivity index (χ0n) is 12.9. The van der Waals surface area contributed by atoms with Crippen LogP contribution in [0.3, 0.4) is 0 Å². The number of hydrogen-bond donors (Lipinski definition) is 1. The highest BCUT2D eigenvalue weighted by molar-refractivity contribution is 9.11. The molecule has 0 atom stereocenters. The maximum atomic E-state index is 11.8. The van der Waals surface area contributed by atoms with Crippen LogP contribution in [0.1, 0.15) is 10.4 Å². The van der Waals surface area contributed by atoms with Crippen LogP contribution in [0.4, 0.5) is 0 Å². The lowest BCUT2D eigenvalue weighted by Crippen LogP contribution is -2.23. The van der Waals surface area contributed by atoms with Gasteiger partial charge in [0.05, 0.1) is 9.47 Å². The first kappa shape index (κ1) is 16.7. The van der Waals surface area contributed by atoms with Crippen LogP contribution in [0.2, 0.25) is 0 Å². The lowest BCUT2D eigenvalue weighted by Gasteiger charge is -2.05.